The first-order valence-corrected chi connectivity index (χ1v) is 6.63. The molecule has 1 aromatic heterocycles. The molecule has 0 fully saturated rings. The molecule has 1 heterocycles. The minimum atomic E-state index is 0.0797. The van der Waals surface area contributed by atoms with Crippen LogP contribution in [0.2, 0.25) is 0 Å². The predicted molar refractivity (Wildman–Crippen MR) is 79.0 cm³/mol. The minimum Gasteiger partial charge on any atom is -0.328 e. The molecule has 1 aromatic carbocycles. The van der Waals surface area contributed by atoms with Crippen LogP contribution in [0.3, 0.4) is 0 Å². The van der Waals surface area contributed by atoms with Gasteiger partial charge in [0, 0.05) is 24.2 Å². The second-order valence-corrected chi connectivity index (χ2v) is 5.29. The summed E-state index contributed by atoms with van der Waals surface area (Å²) in [6.45, 7) is 8.35. The van der Waals surface area contributed by atoms with E-state index >= 15 is 0 Å². The fraction of sp³-hybridized carbons (Fsp3) is 0.375. The Labute approximate surface area is 114 Å². The van der Waals surface area contributed by atoms with Gasteiger partial charge in [-0.2, -0.15) is 0 Å². The zero-order valence-electron chi connectivity index (χ0n) is 12.1. The van der Waals surface area contributed by atoms with Crippen molar-refractivity contribution in [2.75, 3.05) is 0 Å². The van der Waals surface area contributed by atoms with E-state index in [1.807, 2.05) is 19.2 Å². The molecule has 2 aromatic rings. The van der Waals surface area contributed by atoms with Crippen LogP contribution in [0.15, 0.2) is 24.4 Å². The predicted octanol–water partition coefficient (Wildman–Crippen LogP) is 2.96. The molecule has 19 heavy (non-hydrogen) atoms. The van der Waals surface area contributed by atoms with E-state index in [-0.39, 0.29) is 6.04 Å². The quantitative estimate of drug-likeness (QED) is 0.917. The number of aromatic nitrogens is 2. The van der Waals surface area contributed by atoms with Crippen molar-refractivity contribution in [3.8, 4) is 11.3 Å². The van der Waals surface area contributed by atoms with Gasteiger partial charge in [0.2, 0.25) is 0 Å². The molecule has 0 spiro atoms. The third-order valence-electron chi connectivity index (χ3n) is 3.33. The van der Waals surface area contributed by atoms with E-state index in [9.17, 15) is 0 Å². The van der Waals surface area contributed by atoms with Crippen LogP contribution in [0.25, 0.3) is 11.3 Å². The minimum absolute atomic E-state index is 0.0797. The largest absolute Gasteiger partial charge is 0.328 e. The normalized spacial score (nSPS) is 12.5. The zero-order valence-corrected chi connectivity index (χ0v) is 12.1. The molecule has 0 amide bonds. The molecule has 3 heteroatoms. The van der Waals surface area contributed by atoms with Crippen LogP contribution in [0.4, 0.5) is 0 Å². The van der Waals surface area contributed by atoms with Crippen LogP contribution in [0.1, 0.15) is 29.4 Å². The third-order valence-corrected chi connectivity index (χ3v) is 3.33. The SMILES string of the molecule is Cc1cc(C)c(-c2ccnc(CC(C)N)n2)cc1C. The Balaban J connectivity index is 2.44. The molecule has 2 N–H and O–H groups in total. The average molecular weight is 255 g/mol. The van der Waals surface area contributed by atoms with E-state index in [4.69, 9.17) is 5.73 Å². The van der Waals surface area contributed by atoms with Gasteiger partial charge in [0.1, 0.15) is 5.82 Å². The van der Waals surface area contributed by atoms with E-state index in [1.165, 1.54) is 22.3 Å². The summed E-state index contributed by atoms with van der Waals surface area (Å²) in [6.07, 6.45) is 2.52. The van der Waals surface area contributed by atoms with Gasteiger partial charge in [-0.1, -0.05) is 6.07 Å². The number of nitrogens with zero attached hydrogens (tertiary/aromatic N) is 2. The Morgan fingerprint density at radius 3 is 2.47 bits per heavy atom. The second kappa shape index (κ2) is 5.49. The maximum atomic E-state index is 5.81. The summed E-state index contributed by atoms with van der Waals surface area (Å²) >= 11 is 0. The van der Waals surface area contributed by atoms with Crippen molar-refractivity contribution >= 4 is 0 Å². The van der Waals surface area contributed by atoms with E-state index < -0.39 is 0 Å². The van der Waals surface area contributed by atoms with Crippen LogP contribution in [0.5, 0.6) is 0 Å². The molecular formula is C16H21N3. The van der Waals surface area contributed by atoms with Gasteiger partial charge >= 0.3 is 0 Å². The fourth-order valence-electron chi connectivity index (χ4n) is 2.17. The van der Waals surface area contributed by atoms with E-state index in [1.54, 1.807) is 0 Å². The van der Waals surface area contributed by atoms with Gasteiger partial charge in [-0.25, -0.2) is 9.97 Å². The van der Waals surface area contributed by atoms with Crippen molar-refractivity contribution in [1.29, 1.82) is 0 Å². The van der Waals surface area contributed by atoms with Gasteiger partial charge in [-0.15, -0.1) is 0 Å². The highest BCUT2D eigenvalue weighted by molar-refractivity contribution is 5.65. The standard InChI is InChI=1S/C16H21N3/c1-10-7-12(3)14(8-11(10)2)15-5-6-18-16(19-15)9-13(4)17/h5-8,13H,9,17H2,1-4H3. The summed E-state index contributed by atoms with van der Waals surface area (Å²) in [4.78, 5) is 8.91. The fourth-order valence-corrected chi connectivity index (χ4v) is 2.17. The van der Waals surface area contributed by atoms with Crippen LogP contribution in [-0.2, 0) is 6.42 Å². The van der Waals surface area contributed by atoms with Crippen LogP contribution < -0.4 is 5.73 Å². The molecule has 1 atom stereocenters. The highest BCUT2D eigenvalue weighted by Crippen LogP contribution is 2.24. The highest BCUT2D eigenvalue weighted by atomic mass is 14.9. The Bertz CT molecular complexity index is 589. The van der Waals surface area contributed by atoms with Gasteiger partial charge in [-0.3, -0.25) is 0 Å². The Kier molecular flexibility index (Phi) is 3.96. The Morgan fingerprint density at radius 1 is 1.11 bits per heavy atom. The summed E-state index contributed by atoms with van der Waals surface area (Å²) in [5, 5.41) is 0. The summed E-state index contributed by atoms with van der Waals surface area (Å²) in [6, 6.07) is 6.44. The van der Waals surface area contributed by atoms with Crippen LogP contribution in [-0.4, -0.2) is 16.0 Å². The highest BCUT2D eigenvalue weighted by Gasteiger charge is 2.08. The molecule has 0 aliphatic carbocycles. The average Bonchev–Trinajstić information content (AvgIpc) is 2.33. The molecular weight excluding hydrogens is 234 g/mol. The van der Waals surface area contributed by atoms with E-state index in [2.05, 4.69) is 42.9 Å². The molecule has 0 aliphatic rings. The van der Waals surface area contributed by atoms with Gasteiger partial charge in [0.15, 0.2) is 0 Å². The number of hydrogen-bond acceptors (Lipinski definition) is 3. The second-order valence-electron chi connectivity index (χ2n) is 5.29. The van der Waals surface area contributed by atoms with Gasteiger partial charge in [0.05, 0.1) is 5.69 Å². The van der Waals surface area contributed by atoms with E-state index in [0.29, 0.717) is 6.42 Å². The number of benzene rings is 1. The van der Waals surface area contributed by atoms with Crippen molar-refractivity contribution in [3.63, 3.8) is 0 Å². The molecule has 3 nitrogen and oxygen atoms in total. The molecule has 0 aliphatic heterocycles. The first-order chi connectivity index (χ1) is 8.97. The van der Waals surface area contributed by atoms with Crippen molar-refractivity contribution < 1.29 is 0 Å². The Hall–Kier alpha value is -1.74. The van der Waals surface area contributed by atoms with Crippen molar-refractivity contribution in [1.82, 2.24) is 9.97 Å². The summed E-state index contributed by atoms with van der Waals surface area (Å²) in [5.74, 6) is 0.810. The molecule has 1 unspecified atom stereocenters. The molecule has 0 saturated carbocycles. The lowest BCUT2D eigenvalue weighted by Gasteiger charge is -2.11. The van der Waals surface area contributed by atoms with Gasteiger partial charge in [-0.05, 0) is 56.5 Å². The number of hydrogen-bond donors (Lipinski definition) is 1. The van der Waals surface area contributed by atoms with Crippen LogP contribution in [0, 0.1) is 20.8 Å². The van der Waals surface area contributed by atoms with Gasteiger partial charge < -0.3 is 5.73 Å². The molecule has 0 radical (unpaired) electrons. The van der Waals surface area contributed by atoms with E-state index in [0.717, 1.165) is 11.5 Å². The smallest absolute Gasteiger partial charge is 0.130 e. The lowest BCUT2D eigenvalue weighted by Crippen LogP contribution is -2.19. The van der Waals surface area contributed by atoms with Gasteiger partial charge in [0.25, 0.3) is 0 Å². The van der Waals surface area contributed by atoms with Crippen molar-refractivity contribution in [2.45, 2.75) is 40.2 Å². The lowest BCUT2D eigenvalue weighted by atomic mass is 9.98. The molecule has 0 bridgehead atoms. The summed E-state index contributed by atoms with van der Waals surface area (Å²) in [7, 11) is 0. The zero-order chi connectivity index (χ0) is 14.0. The molecule has 0 saturated heterocycles. The molecule has 2 rings (SSSR count). The van der Waals surface area contributed by atoms with Crippen molar-refractivity contribution in [3.05, 3.63) is 46.9 Å². The lowest BCUT2D eigenvalue weighted by molar-refractivity contribution is 0.702. The Morgan fingerprint density at radius 2 is 1.79 bits per heavy atom. The summed E-state index contributed by atoms with van der Waals surface area (Å²) in [5.41, 5.74) is 11.8. The maximum Gasteiger partial charge on any atom is 0.130 e. The van der Waals surface area contributed by atoms with Crippen LogP contribution >= 0.6 is 0 Å². The summed E-state index contributed by atoms with van der Waals surface area (Å²) < 4.78 is 0. The number of aryl methyl sites for hydroxylation is 3. The first-order valence-electron chi connectivity index (χ1n) is 6.63. The third kappa shape index (κ3) is 3.18. The molecule has 100 valence electrons. The number of nitrogens with two attached hydrogens (primary N) is 1. The topological polar surface area (TPSA) is 51.8 Å². The maximum absolute atomic E-state index is 5.81. The number of rotatable bonds is 3. The first kappa shape index (κ1) is 13.7. The van der Waals surface area contributed by atoms with Crippen molar-refractivity contribution in [2.24, 2.45) is 5.73 Å². The monoisotopic (exact) mass is 255 g/mol.